The van der Waals surface area contributed by atoms with Gasteiger partial charge in [0.2, 0.25) is 11.8 Å². The maximum atomic E-state index is 12.3. The van der Waals surface area contributed by atoms with Crippen molar-refractivity contribution >= 4 is 11.8 Å². The molecule has 1 aromatic rings. The molecule has 0 aliphatic carbocycles. The van der Waals surface area contributed by atoms with Gasteiger partial charge in [-0.3, -0.25) is 14.5 Å². The van der Waals surface area contributed by atoms with E-state index in [1.54, 1.807) is 7.11 Å². The zero-order valence-corrected chi connectivity index (χ0v) is 15.8. The zero-order chi connectivity index (χ0) is 18.6. The van der Waals surface area contributed by atoms with Crippen LogP contribution in [0.5, 0.6) is 5.75 Å². The minimum Gasteiger partial charge on any atom is -0.496 e. The summed E-state index contributed by atoms with van der Waals surface area (Å²) in [5.74, 6) is 0.659. The van der Waals surface area contributed by atoms with Gasteiger partial charge in [0.25, 0.3) is 0 Å². The molecule has 6 heteroatoms. The number of nitrogens with zero attached hydrogens (tertiary/aromatic N) is 1. The van der Waals surface area contributed by atoms with E-state index in [1.165, 1.54) is 0 Å². The fourth-order valence-corrected chi connectivity index (χ4v) is 3.09. The van der Waals surface area contributed by atoms with Crippen LogP contribution < -0.4 is 15.4 Å². The molecule has 2 rings (SSSR count). The molecule has 0 radical (unpaired) electrons. The summed E-state index contributed by atoms with van der Waals surface area (Å²) in [5.41, 5.74) is 1.86. The van der Waals surface area contributed by atoms with Crippen LogP contribution >= 0.6 is 0 Å². The molecular weight excluding hydrogens is 318 g/mol. The van der Waals surface area contributed by atoms with Crippen LogP contribution in [0.3, 0.4) is 0 Å². The Kier molecular flexibility index (Phi) is 6.06. The highest BCUT2D eigenvalue weighted by Crippen LogP contribution is 2.21. The van der Waals surface area contributed by atoms with Gasteiger partial charge in [0.15, 0.2) is 0 Å². The number of benzene rings is 1. The number of piperazine rings is 1. The molecule has 6 nitrogen and oxygen atoms in total. The molecule has 138 valence electrons. The lowest BCUT2D eigenvalue weighted by molar-refractivity contribution is -0.134. The van der Waals surface area contributed by atoms with Gasteiger partial charge in [-0.2, -0.15) is 0 Å². The SMILES string of the molecule is COc1ccc(CN2CCNC(=O)C2CC(=O)NC(C)(C)C)cc1C. The highest BCUT2D eigenvalue weighted by Gasteiger charge is 2.32. The summed E-state index contributed by atoms with van der Waals surface area (Å²) < 4.78 is 5.30. The third kappa shape index (κ3) is 5.46. The average Bonchev–Trinajstić information content (AvgIpc) is 2.49. The van der Waals surface area contributed by atoms with Crippen molar-refractivity contribution < 1.29 is 14.3 Å². The second kappa shape index (κ2) is 7.87. The van der Waals surface area contributed by atoms with Gasteiger partial charge in [-0.1, -0.05) is 12.1 Å². The third-order valence-corrected chi connectivity index (χ3v) is 4.18. The molecule has 1 aromatic carbocycles. The number of amides is 2. The van der Waals surface area contributed by atoms with E-state index >= 15 is 0 Å². The summed E-state index contributed by atoms with van der Waals surface area (Å²) in [6, 6.07) is 5.57. The quantitative estimate of drug-likeness (QED) is 0.849. The predicted octanol–water partition coefficient (Wildman–Crippen LogP) is 1.61. The van der Waals surface area contributed by atoms with Gasteiger partial charge >= 0.3 is 0 Å². The van der Waals surface area contributed by atoms with E-state index in [0.717, 1.165) is 23.4 Å². The van der Waals surface area contributed by atoms with Gasteiger partial charge in [-0.05, 0) is 44.9 Å². The minimum absolute atomic E-state index is 0.0828. The van der Waals surface area contributed by atoms with E-state index in [9.17, 15) is 9.59 Å². The first-order valence-electron chi connectivity index (χ1n) is 8.66. The first-order valence-corrected chi connectivity index (χ1v) is 8.66. The Morgan fingerprint density at radius 1 is 1.40 bits per heavy atom. The highest BCUT2D eigenvalue weighted by molar-refractivity contribution is 5.89. The lowest BCUT2D eigenvalue weighted by Gasteiger charge is -2.35. The topological polar surface area (TPSA) is 70.7 Å². The Hall–Kier alpha value is -2.08. The molecule has 25 heavy (non-hydrogen) atoms. The Morgan fingerprint density at radius 3 is 2.72 bits per heavy atom. The number of methoxy groups -OCH3 is 1. The van der Waals surface area contributed by atoms with Crippen molar-refractivity contribution in [2.75, 3.05) is 20.2 Å². The minimum atomic E-state index is -0.446. The first kappa shape index (κ1) is 19.2. The van der Waals surface area contributed by atoms with Crippen molar-refractivity contribution in [2.24, 2.45) is 0 Å². The molecule has 1 unspecified atom stereocenters. The van der Waals surface area contributed by atoms with Crippen LogP contribution in [-0.2, 0) is 16.1 Å². The predicted molar refractivity (Wildman–Crippen MR) is 97.5 cm³/mol. The molecule has 0 aromatic heterocycles. The Bertz CT molecular complexity index is 637. The summed E-state index contributed by atoms with van der Waals surface area (Å²) in [6.45, 7) is 9.76. The van der Waals surface area contributed by atoms with E-state index in [2.05, 4.69) is 21.6 Å². The van der Waals surface area contributed by atoms with Crippen molar-refractivity contribution in [1.82, 2.24) is 15.5 Å². The molecule has 0 bridgehead atoms. The number of carbonyl (C=O) groups is 2. The molecule has 1 heterocycles. The van der Waals surface area contributed by atoms with Gasteiger partial charge in [0.1, 0.15) is 5.75 Å². The van der Waals surface area contributed by atoms with Crippen LogP contribution in [0.2, 0.25) is 0 Å². The summed E-state index contributed by atoms with van der Waals surface area (Å²) in [7, 11) is 1.65. The fraction of sp³-hybridized carbons (Fsp3) is 0.579. The number of aryl methyl sites for hydroxylation is 1. The van der Waals surface area contributed by atoms with E-state index in [0.29, 0.717) is 13.1 Å². The molecular formula is C19H29N3O3. The standard InChI is InChI=1S/C19H29N3O3/c1-13-10-14(6-7-16(13)25-5)12-22-9-8-20-18(24)15(22)11-17(23)21-19(2,3)4/h6-7,10,15H,8-9,11-12H2,1-5H3,(H,20,24)(H,21,23). The van der Waals surface area contributed by atoms with Crippen LogP contribution in [0.15, 0.2) is 18.2 Å². The van der Waals surface area contributed by atoms with Crippen LogP contribution in [0.1, 0.15) is 38.3 Å². The van der Waals surface area contributed by atoms with E-state index in [4.69, 9.17) is 4.74 Å². The lowest BCUT2D eigenvalue weighted by atomic mass is 10.0. The van der Waals surface area contributed by atoms with E-state index < -0.39 is 6.04 Å². The highest BCUT2D eigenvalue weighted by atomic mass is 16.5. The number of rotatable bonds is 5. The van der Waals surface area contributed by atoms with Crippen LogP contribution in [-0.4, -0.2) is 48.5 Å². The van der Waals surface area contributed by atoms with E-state index in [1.807, 2.05) is 39.8 Å². The molecule has 0 saturated carbocycles. The normalized spacial score (nSPS) is 18.6. The number of carbonyl (C=O) groups excluding carboxylic acids is 2. The van der Waals surface area contributed by atoms with Crippen molar-refractivity contribution in [3.63, 3.8) is 0 Å². The molecule has 1 aliphatic heterocycles. The number of hydrogen-bond acceptors (Lipinski definition) is 4. The fourth-order valence-electron chi connectivity index (χ4n) is 3.09. The molecule has 1 fully saturated rings. The Morgan fingerprint density at radius 2 is 2.12 bits per heavy atom. The van der Waals surface area contributed by atoms with Gasteiger partial charge in [-0.15, -0.1) is 0 Å². The molecule has 0 spiro atoms. The first-order chi connectivity index (χ1) is 11.7. The number of ether oxygens (including phenoxy) is 1. The zero-order valence-electron chi connectivity index (χ0n) is 15.8. The van der Waals surface area contributed by atoms with Crippen molar-refractivity contribution in [3.8, 4) is 5.75 Å². The lowest BCUT2D eigenvalue weighted by Crippen LogP contribution is -2.56. The van der Waals surface area contributed by atoms with Crippen LogP contribution in [0.4, 0.5) is 0 Å². The number of nitrogens with one attached hydrogen (secondary N) is 2. The second-order valence-corrected chi connectivity index (χ2v) is 7.58. The van der Waals surface area contributed by atoms with E-state index in [-0.39, 0.29) is 23.8 Å². The largest absolute Gasteiger partial charge is 0.496 e. The van der Waals surface area contributed by atoms with Crippen LogP contribution in [0.25, 0.3) is 0 Å². The Labute approximate surface area is 149 Å². The molecule has 2 N–H and O–H groups in total. The summed E-state index contributed by atoms with van der Waals surface area (Å²) in [5, 5.41) is 5.80. The van der Waals surface area contributed by atoms with Crippen molar-refractivity contribution in [2.45, 2.75) is 52.2 Å². The monoisotopic (exact) mass is 347 g/mol. The van der Waals surface area contributed by atoms with Gasteiger partial charge in [-0.25, -0.2) is 0 Å². The molecule has 2 amide bonds. The van der Waals surface area contributed by atoms with Crippen LogP contribution in [0, 0.1) is 6.92 Å². The van der Waals surface area contributed by atoms with Gasteiger partial charge < -0.3 is 15.4 Å². The third-order valence-electron chi connectivity index (χ3n) is 4.18. The van der Waals surface area contributed by atoms with Crippen molar-refractivity contribution in [3.05, 3.63) is 29.3 Å². The smallest absolute Gasteiger partial charge is 0.237 e. The summed E-state index contributed by atoms with van der Waals surface area (Å²) >= 11 is 0. The van der Waals surface area contributed by atoms with Crippen molar-refractivity contribution in [1.29, 1.82) is 0 Å². The molecule has 1 atom stereocenters. The Balaban J connectivity index is 2.09. The van der Waals surface area contributed by atoms with Gasteiger partial charge in [0, 0.05) is 25.2 Å². The number of hydrogen-bond donors (Lipinski definition) is 2. The molecule has 1 aliphatic rings. The van der Waals surface area contributed by atoms with Gasteiger partial charge in [0.05, 0.1) is 19.6 Å². The average molecular weight is 347 g/mol. The maximum absolute atomic E-state index is 12.3. The summed E-state index contributed by atoms with van der Waals surface area (Å²) in [6.07, 6.45) is 0.165. The molecule has 1 saturated heterocycles. The summed E-state index contributed by atoms with van der Waals surface area (Å²) in [4.78, 5) is 26.7. The maximum Gasteiger partial charge on any atom is 0.237 e. The second-order valence-electron chi connectivity index (χ2n) is 7.58.